The van der Waals surface area contributed by atoms with Gasteiger partial charge in [-0.15, -0.1) is 36.2 Å². The van der Waals surface area contributed by atoms with Gasteiger partial charge in [0.05, 0.1) is 5.39 Å². The number of fused-ring (bicyclic) bond motifs is 1. The molecule has 1 N–H and O–H groups in total. The van der Waals surface area contributed by atoms with E-state index in [2.05, 4.69) is 26.3 Å². The van der Waals surface area contributed by atoms with Gasteiger partial charge in [-0.3, -0.25) is 4.79 Å². The number of carbonyl (C=O) groups excluding carboxylic acids is 1. The van der Waals surface area contributed by atoms with Gasteiger partial charge in [0.15, 0.2) is 0 Å². The van der Waals surface area contributed by atoms with E-state index in [-0.39, 0.29) is 30.7 Å². The predicted octanol–water partition coefficient (Wildman–Crippen LogP) is 1.79. The van der Waals surface area contributed by atoms with Crippen LogP contribution in [-0.2, 0) is 4.79 Å². The third-order valence-electron chi connectivity index (χ3n) is 3.76. The van der Waals surface area contributed by atoms with E-state index in [9.17, 15) is 4.79 Å². The zero-order chi connectivity index (χ0) is 14.7. The van der Waals surface area contributed by atoms with Crippen molar-refractivity contribution < 1.29 is 4.79 Å². The van der Waals surface area contributed by atoms with Crippen LogP contribution < -0.4 is 10.2 Å². The summed E-state index contributed by atoms with van der Waals surface area (Å²) in [6, 6.07) is 2.07. The van der Waals surface area contributed by atoms with Crippen LogP contribution >= 0.6 is 36.2 Å². The first-order valence-corrected chi connectivity index (χ1v) is 8.03. The van der Waals surface area contributed by atoms with Crippen LogP contribution in [0.4, 0.5) is 5.82 Å². The van der Waals surface area contributed by atoms with E-state index in [4.69, 9.17) is 0 Å². The number of hydrogen-bond donors (Lipinski definition) is 1. The zero-order valence-electron chi connectivity index (χ0n) is 12.9. The molecule has 1 amide bonds. The maximum Gasteiger partial charge on any atom is 0.223 e. The van der Waals surface area contributed by atoms with Crippen molar-refractivity contribution in [3.63, 3.8) is 0 Å². The van der Waals surface area contributed by atoms with Crippen LogP contribution in [0.3, 0.4) is 0 Å². The molecule has 1 fully saturated rings. The van der Waals surface area contributed by atoms with Crippen LogP contribution in [0.2, 0.25) is 0 Å². The summed E-state index contributed by atoms with van der Waals surface area (Å²) in [5.41, 5.74) is 0. The molecule has 0 aliphatic carbocycles. The minimum Gasteiger partial charge on any atom is -0.352 e. The smallest absolute Gasteiger partial charge is 0.223 e. The Morgan fingerprint density at radius 3 is 2.70 bits per heavy atom. The summed E-state index contributed by atoms with van der Waals surface area (Å²) in [6.45, 7) is 3.91. The third kappa shape index (κ3) is 4.44. The fourth-order valence-corrected chi connectivity index (χ4v) is 3.31. The van der Waals surface area contributed by atoms with Gasteiger partial charge in [-0.25, -0.2) is 9.97 Å². The van der Waals surface area contributed by atoms with Crippen LogP contribution in [0.5, 0.6) is 0 Å². The monoisotopic (exact) mass is 377 g/mol. The molecule has 0 atom stereocenters. The summed E-state index contributed by atoms with van der Waals surface area (Å²) in [5, 5.41) is 6.17. The SMILES string of the molecule is CNCCC(=O)N1CCN(c2ncnc3sccc23)CC1.Cl.Cl. The summed E-state index contributed by atoms with van der Waals surface area (Å²) in [4.78, 5) is 25.9. The fraction of sp³-hybridized carbons (Fsp3) is 0.500. The minimum absolute atomic E-state index is 0. The highest BCUT2D eigenvalue weighted by Gasteiger charge is 2.22. The number of aromatic nitrogens is 2. The van der Waals surface area contributed by atoms with Crippen LogP contribution in [0.1, 0.15) is 6.42 Å². The van der Waals surface area contributed by atoms with E-state index in [1.165, 1.54) is 0 Å². The van der Waals surface area contributed by atoms with Crippen molar-refractivity contribution in [3.05, 3.63) is 17.8 Å². The maximum atomic E-state index is 12.0. The number of nitrogens with zero attached hydrogens (tertiary/aromatic N) is 4. The highest BCUT2D eigenvalue weighted by Crippen LogP contribution is 2.27. The van der Waals surface area contributed by atoms with Gasteiger partial charge in [0.1, 0.15) is 17.0 Å². The van der Waals surface area contributed by atoms with Crippen LogP contribution in [0.15, 0.2) is 17.8 Å². The van der Waals surface area contributed by atoms with Gasteiger partial charge >= 0.3 is 0 Å². The van der Waals surface area contributed by atoms with E-state index >= 15 is 0 Å². The normalized spacial score (nSPS) is 14.3. The second-order valence-electron chi connectivity index (χ2n) is 5.06. The molecule has 1 aliphatic rings. The Bertz CT molecular complexity index is 630. The first-order chi connectivity index (χ1) is 10.3. The van der Waals surface area contributed by atoms with Crippen molar-refractivity contribution in [2.75, 3.05) is 44.7 Å². The first-order valence-electron chi connectivity index (χ1n) is 7.15. The predicted molar refractivity (Wildman–Crippen MR) is 99.2 cm³/mol. The van der Waals surface area contributed by atoms with Crippen molar-refractivity contribution >= 4 is 58.1 Å². The van der Waals surface area contributed by atoms with Gasteiger partial charge in [-0.05, 0) is 18.5 Å². The van der Waals surface area contributed by atoms with Crippen LogP contribution in [0.25, 0.3) is 10.2 Å². The summed E-state index contributed by atoms with van der Waals surface area (Å²) in [7, 11) is 1.87. The Hall–Kier alpha value is -1.15. The third-order valence-corrected chi connectivity index (χ3v) is 4.58. The van der Waals surface area contributed by atoms with Gasteiger partial charge in [-0.1, -0.05) is 0 Å². The summed E-state index contributed by atoms with van der Waals surface area (Å²) < 4.78 is 0. The number of nitrogens with one attached hydrogen (secondary N) is 1. The molecule has 0 unspecified atom stereocenters. The van der Waals surface area contributed by atoms with Crippen molar-refractivity contribution in [2.24, 2.45) is 0 Å². The second kappa shape index (κ2) is 9.22. The number of thiophene rings is 1. The largest absolute Gasteiger partial charge is 0.352 e. The molecule has 0 radical (unpaired) electrons. The first kappa shape index (κ1) is 19.9. The molecule has 23 heavy (non-hydrogen) atoms. The van der Waals surface area contributed by atoms with E-state index in [1.54, 1.807) is 17.7 Å². The van der Waals surface area contributed by atoms with Gasteiger partial charge in [0.2, 0.25) is 5.91 Å². The molecule has 2 aromatic heterocycles. The highest BCUT2D eigenvalue weighted by atomic mass is 35.5. The maximum absolute atomic E-state index is 12.0. The lowest BCUT2D eigenvalue weighted by Crippen LogP contribution is -2.49. The number of halogens is 2. The molecular formula is C14H21Cl2N5OS. The summed E-state index contributed by atoms with van der Waals surface area (Å²) >= 11 is 1.63. The second-order valence-corrected chi connectivity index (χ2v) is 5.95. The Morgan fingerprint density at radius 2 is 2.00 bits per heavy atom. The number of hydrogen-bond acceptors (Lipinski definition) is 6. The average Bonchev–Trinajstić information content (AvgIpc) is 3.01. The van der Waals surface area contributed by atoms with Gasteiger partial charge < -0.3 is 15.1 Å². The Labute approximate surface area is 152 Å². The van der Waals surface area contributed by atoms with E-state index in [1.807, 2.05) is 17.3 Å². The Kier molecular flexibility index (Phi) is 7.98. The average molecular weight is 378 g/mol. The molecule has 0 saturated carbocycles. The standard InChI is InChI=1S/C14H19N5OS.2ClH/c1-15-4-2-12(20)18-5-7-19(8-6-18)13-11-3-9-21-14(11)17-10-16-13;;/h3,9-10,15H,2,4-8H2,1H3;2*1H. The quantitative estimate of drug-likeness (QED) is 0.879. The summed E-state index contributed by atoms with van der Waals surface area (Å²) in [5.74, 6) is 1.22. The number of anilines is 1. The molecular weight excluding hydrogens is 357 g/mol. The lowest BCUT2D eigenvalue weighted by molar-refractivity contribution is -0.131. The van der Waals surface area contributed by atoms with Crippen LogP contribution in [-0.4, -0.2) is 60.5 Å². The number of piperazine rings is 1. The molecule has 0 bridgehead atoms. The molecule has 2 aromatic rings. The van der Waals surface area contributed by atoms with Crippen molar-refractivity contribution in [3.8, 4) is 0 Å². The van der Waals surface area contributed by atoms with Crippen LogP contribution in [0, 0.1) is 0 Å². The fourth-order valence-electron chi connectivity index (χ4n) is 2.59. The van der Waals surface area contributed by atoms with E-state index < -0.39 is 0 Å². The molecule has 1 saturated heterocycles. The molecule has 1 aliphatic heterocycles. The topological polar surface area (TPSA) is 61.4 Å². The molecule has 128 valence electrons. The van der Waals surface area contributed by atoms with Gasteiger partial charge in [0, 0.05) is 39.1 Å². The molecule has 9 heteroatoms. The highest BCUT2D eigenvalue weighted by molar-refractivity contribution is 7.16. The molecule has 0 spiro atoms. The van der Waals surface area contributed by atoms with Gasteiger partial charge in [0.25, 0.3) is 0 Å². The van der Waals surface area contributed by atoms with Crippen molar-refractivity contribution in [2.45, 2.75) is 6.42 Å². The number of rotatable bonds is 4. The lowest BCUT2D eigenvalue weighted by atomic mass is 10.2. The van der Waals surface area contributed by atoms with E-state index in [0.29, 0.717) is 6.42 Å². The molecule has 0 aromatic carbocycles. The van der Waals surface area contributed by atoms with E-state index in [0.717, 1.165) is 48.8 Å². The number of carbonyl (C=O) groups is 1. The Balaban J connectivity index is 0.00000132. The Morgan fingerprint density at radius 1 is 1.26 bits per heavy atom. The molecule has 6 nitrogen and oxygen atoms in total. The lowest BCUT2D eigenvalue weighted by Gasteiger charge is -2.35. The molecule has 3 heterocycles. The molecule has 3 rings (SSSR count). The van der Waals surface area contributed by atoms with Crippen molar-refractivity contribution in [1.82, 2.24) is 20.2 Å². The van der Waals surface area contributed by atoms with Gasteiger partial charge in [-0.2, -0.15) is 0 Å². The summed E-state index contributed by atoms with van der Waals surface area (Å²) in [6.07, 6.45) is 2.19. The minimum atomic E-state index is 0. The van der Waals surface area contributed by atoms with Crippen molar-refractivity contribution in [1.29, 1.82) is 0 Å². The number of amides is 1. The zero-order valence-corrected chi connectivity index (χ0v) is 15.3.